The molecular formula is C28H29FIN5O2S. The van der Waals surface area contributed by atoms with Crippen molar-refractivity contribution in [1.29, 1.82) is 0 Å². The van der Waals surface area contributed by atoms with Gasteiger partial charge < -0.3 is 4.74 Å². The molecule has 0 aliphatic heterocycles. The maximum atomic E-state index is 14.3. The molecule has 7 nitrogen and oxygen atoms in total. The molecule has 10 heteroatoms. The van der Waals surface area contributed by atoms with Crippen molar-refractivity contribution in [2.24, 2.45) is 23.7 Å². The van der Waals surface area contributed by atoms with Crippen LogP contribution in [0.4, 0.5) is 4.39 Å². The smallest absolute Gasteiger partial charge is 0.309 e. The van der Waals surface area contributed by atoms with Gasteiger partial charge in [-0.05, 0) is 87.8 Å². The van der Waals surface area contributed by atoms with Gasteiger partial charge >= 0.3 is 5.97 Å². The van der Waals surface area contributed by atoms with Gasteiger partial charge in [0.15, 0.2) is 11.5 Å². The monoisotopic (exact) mass is 645 g/mol. The zero-order valence-electron chi connectivity index (χ0n) is 21.1. The summed E-state index contributed by atoms with van der Waals surface area (Å²) >= 11 is 2.20. The zero-order valence-corrected chi connectivity index (χ0v) is 24.1. The number of ether oxygens (including phenoxy) is 1. The van der Waals surface area contributed by atoms with E-state index in [1.54, 1.807) is 0 Å². The van der Waals surface area contributed by atoms with Gasteiger partial charge in [-0.25, -0.2) is 18.9 Å². The number of nitrogens with zero attached hydrogens (tertiary/aromatic N) is 5. The second kappa shape index (κ2) is 9.76. The Labute approximate surface area is 236 Å². The Hall–Kier alpha value is -2.21. The van der Waals surface area contributed by atoms with Crippen LogP contribution in [0.1, 0.15) is 62.8 Å². The number of rotatable bonds is 7. The molecule has 4 aromatic rings. The number of esters is 1. The summed E-state index contributed by atoms with van der Waals surface area (Å²) in [7, 11) is 1.48. The zero-order chi connectivity index (χ0) is 26.0. The van der Waals surface area contributed by atoms with Crippen LogP contribution in [-0.4, -0.2) is 36.1 Å². The predicted octanol–water partition coefficient (Wildman–Crippen LogP) is 6.77. The minimum Gasteiger partial charge on any atom is -0.466 e. The average molecular weight is 646 g/mol. The lowest BCUT2D eigenvalue weighted by Gasteiger charge is -2.47. The van der Waals surface area contributed by atoms with Crippen LogP contribution in [0.2, 0.25) is 0 Å². The van der Waals surface area contributed by atoms with Crippen LogP contribution in [0.5, 0.6) is 0 Å². The molecule has 0 radical (unpaired) electrons. The van der Waals surface area contributed by atoms with Crippen LogP contribution < -0.4 is 0 Å². The van der Waals surface area contributed by atoms with Gasteiger partial charge in [0, 0.05) is 59.1 Å². The standard InChI is InChI=1S/C28H29FIN5O2S/c1-2-37-28(36)25-17-7-3-15(4-8-17)19(25)12-22-24-10-9-23(16-5-6-16)35(24)33-26(32-22)21-14-34(38-30)27-20(21)11-18(29)13-31-27/h9-11,13-17,19,25H,2-8,12H2,1H3/t15-,17+,19-,25-/m0/s1. The van der Waals surface area contributed by atoms with Gasteiger partial charge in [-0.2, -0.15) is 0 Å². The van der Waals surface area contributed by atoms with E-state index in [1.165, 1.54) is 39.9 Å². The normalized spacial score (nSPS) is 24.9. The second-order valence-corrected chi connectivity index (χ2v) is 12.7. The lowest BCUT2D eigenvalue weighted by Crippen LogP contribution is -2.45. The van der Waals surface area contributed by atoms with Crippen LogP contribution in [0.3, 0.4) is 0 Å². The third-order valence-corrected chi connectivity index (χ3v) is 10.6. The average Bonchev–Trinajstić information content (AvgIpc) is 3.57. The topological polar surface area (TPSA) is 74.3 Å². The first kappa shape index (κ1) is 24.8. The number of hydrogen-bond donors (Lipinski definition) is 0. The largest absolute Gasteiger partial charge is 0.466 e. The van der Waals surface area contributed by atoms with E-state index in [0.717, 1.165) is 42.5 Å². The molecule has 4 aliphatic carbocycles. The molecular weight excluding hydrogens is 616 g/mol. The molecule has 2 atom stereocenters. The molecule has 0 amide bonds. The third-order valence-electron chi connectivity index (χ3n) is 8.88. The summed E-state index contributed by atoms with van der Waals surface area (Å²) in [5, 5.41) is 5.71. The molecule has 0 spiro atoms. The fourth-order valence-corrected chi connectivity index (χ4v) is 8.27. The first-order chi connectivity index (χ1) is 18.6. The molecule has 4 aromatic heterocycles. The van der Waals surface area contributed by atoms with Gasteiger partial charge in [-0.3, -0.25) is 8.77 Å². The van der Waals surface area contributed by atoms with Crippen molar-refractivity contribution in [3.05, 3.63) is 47.8 Å². The van der Waals surface area contributed by atoms with E-state index in [-0.39, 0.29) is 23.6 Å². The van der Waals surface area contributed by atoms with Crippen LogP contribution in [0.15, 0.2) is 30.6 Å². The van der Waals surface area contributed by atoms with Crippen LogP contribution in [0, 0.1) is 29.5 Å². The molecule has 4 saturated carbocycles. The molecule has 38 heavy (non-hydrogen) atoms. The minimum atomic E-state index is -0.383. The first-order valence-electron chi connectivity index (χ1n) is 13.6. The number of fused-ring (bicyclic) bond motifs is 5. The summed E-state index contributed by atoms with van der Waals surface area (Å²) in [6.45, 7) is 2.30. The molecule has 4 fully saturated rings. The molecule has 4 heterocycles. The van der Waals surface area contributed by atoms with E-state index in [1.807, 2.05) is 17.1 Å². The summed E-state index contributed by atoms with van der Waals surface area (Å²) in [4.78, 5) is 22.6. The number of carbonyl (C=O) groups is 1. The molecule has 0 saturated heterocycles. The van der Waals surface area contributed by atoms with Crippen molar-refractivity contribution in [3.63, 3.8) is 0 Å². The van der Waals surface area contributed by atoms with Crippen LogP contribution in [0.25, 0.3) is 27.9 Å². The van der Waals surface area contributed by atoms with Gasteiger partial charge in [-0.1, -0.05) is 0 Å². The van der Waals surface area contributed by atoms with Gasteiger partial charge in [0.1, 0.15) is 5.82 Å². The van der Waals surface area contributed by atoms with E-state index >= 15 is 0 Å². The molecule has 0 aromatic carbocycles. The highest BCUT2D eigenvalue weighted by Crippen LogP contribution is 2.51. The highest BCUT2D eigenvalue weighted by molar-refractivity contribution is 14.2. The fourth-order valence-electron chi connectivity index (χ4n) is 7.01. The Kier molecular flexibility index (Phi) is 6.37. The van der Waals surface area contributed by atoms with Crippen molar-refractivity contribution >= 4 is 52.8 Å². The summed E-state index contributed by atoms with van der Waals surface area (Å²) in [6, 6.07) is 5.83. The van der Waals surface area contributed by atoms with Gasteiger partial charge in [-0.15, -0.1) is 5.10 Å². The molecule has 8 rings (SSSR count). The van der Waals surface area contributed by atoms with E-state index < -0.39 is 0 Å². The number of aromatic nitrogens is 5. The SMILES string of the molecule is CCOC(=O)[C@H]1[C@H]2CC[C@H](CC2)[C@@H]1Cc1nc(-c2cn(SI)c3ncc(F)cc23)nn2c(C3CC3)ccc12. The number of hydrogen-bond acceptors (Lipinski definition) is 6. The van der Waals surface area contributed by atoms with Gasteiger partial charge in [0.25, 0.3) is 0 Å². The van der Waals surface area contributed by atoms with E-state index in [0.29, 0.717) is 47.6 Å². The van der Waals surface area contributed by atoms with Gasteiger partial charge in [0.05, 0.1) is 29.9 Å². The molecule has 0 N–H and O–H groups in total. The quantitative estimate of drug-likeness (QED) is 0.163. The summed E-state index contributed by atoms with van der Waals surface area (Å²) in [5.41, 5.74) is 4.63. The summed E-state index contributed by atoms with van der Waals surface area (Å²) < 4.78 is 23.9. The van der Waals surface area contributed by atoms with E-state index in [9.17, 15) is 9.18 Å². The Bertz CT molecular complexity index is 1540. The van der Waals surface area contributed by atoms with Crippen LogP contribution >= 0.6 is 30.3 Å². The maximum absolute atomic E-state index is 14.3. The molecule has 2 bridgehead atoms. The summed E-state index contributed by atoms with van der Waals surface area (Å²) in [6.07, 6.45) is 10.8. The first-order valence-corrected chi connectivity index (χ1v) is 16.9. The maximum Gasteiger partial charge on any atom is 0.309 e. The van der Waals surface area contributed by atoms with Crippen molar-refractivity contribution in [3.8, 4) is 11.4 Å². The molecule has 4 aliphatic rings. The highest BCUT2D eigenvalue weighted by atomic mass is 127. The molecule has 198 valence electrons. The number of halogens is 2. The van der Waals surface area contributed by atoms with Crippen molar-refractivity contribution < 1.29 is 13.9 Å². The van der Waals surface area contributed by atoms with Crippen molar-refractivity contribution in [1.82, 2.24) is 23.6 Å². The lowest BCUT2D eigenvalue weighted by molar-refractivity contribution is -0.158. The number of pyridine rings is 1. The third kappa shape index (κ3) is 4.13. The summed E-state index contributed by atoms with van der Waals surface area (Å²) in [5.74, 6) is 1.68. The predicted molar refractivity (Wildman–Crippen MR) is 153 cm³/mol. The number of carbonyl (C=O) groups excluding carboxylic acids is 1. The van der Waals surface area contributed by atoms with Crippen molar-refractivity contribution in [2.45, 2.75) is 57.8 Å². The van der Waals surface area contributed by atoms with Gasteiger partial charge in [0.2, 0.25) is 0 Å². The Morgan fingerprint density at radius 2 is 1.97 bits per heavy atom. The Morgan fingerprint density at radius 3 is 2.71 bits per heavy atom. The second-order valence-electron chi connectivity index (χ2n) is 11.0. The minimum absolute atomic E-state index is 0.0463. The lowest BCUT2D eigenvalue weighted by atomic mass is 9.57. The Balaban J connectivity index is 1.37. The van der Waals surface area contributed by atoms with Crippen LogP contribution in [-0.2, 0) is 16.0 Å². The highest BCUT2D eigenvalue weighted by Gasteiger charge is 2.48. The van der Waals surface area contributed by atoms with Crippen molar-refractivity contribution in [2.75, 3.05) is 6.61 Å². The Morgan fingerprint density at radius 1 is 1.18 bits per heavy atom. The van der Waals surface area contributed by atoms with E-state index in [4.69, 9.17) is 14.8 Å². The van der Waals surface area contributed by atoms with E-state index in [2.05, 4.69) is 42.8 Å². The molecule has 0 unspecified atom stereocenters. The fraction of sp³-hybridized carbons (Fsp3) is 0.500.